The van der Waals surface area contributed by atoms with E-state index in [4.69, 9.17) is 5.73 Å². The van der Waals surface area contributed by atoms with E-state index < -0.39 is 23.2 Å². The smallest absolute Gasteiger partial charge is 0.266 e. The average molecular weight is 243 g/mol. The van der Waals surface area contributed by atoms with Crippen LogP contribution in [0.3, 0.4) is 0 Å². The summed E-state index contributed by atoms with van der Waals surface area (Å²) in [7, 11) is 0. The van der Waals surface area contributed by atoms with Crippen molar-refractivity contribution in [3.63, 3.8) is 0 Å². The van der Waals surface area contributed by atoms with Crippen LogP contribution >= 0.6 is 0 Å². The molecular weight excluding hydrogens is 227 g/mol. The molecule has 0 spiro atoms. The van der Waals surface area contributed by atoms with Crippen LogP contribution in [0.4, 0.5) is 13.2 Å². The standard InChI is InChI=1S/C13H16F3N/c14-10-5-3-4-9(11(10)12(15)16)13(8-17)6-1-2-7-13/h3-5,12H,1-2,6-8,17H2. The molecule has 0 radical (unpaired) electrons. The molecule has 1 fully saturated rings. The SMILES string of the molecule is NCC1(c2cccc(F)c2C(F)F)CCCC1. The summed E-state index contributed by atoms with van der Waals surface area (Å²) >= 11 is 0. The van der Waals surface area contributed by atoms with Gasteiger partial charge in [-0.3, -0.25) is 0 Å². The summed E-state index contributed by atoms with van der Waals surface area (Å²) in [6.45, 7) is 0.302. The third-order valence-corrected chi connectivity index (χ3v) is 3.79. The Kier molecular flexibility index (Phi) is 3.43. The first kappa shape index (κ1) is 12.4. The number of halogens is 3. The lowest BCUT2D eigenvalue weighted by Gasteiger charge is -2.30. The van der Waals surface area contributed by atoms with Gasteiger partial charge in [0.2, 0.25) is 0 Å². The Morgan fingerprint density at radius 3 is 2.41 bits per heavy atom. The topological polar surface area (TPSA) is 26.0 Å². The molecule has 94 valence electrons. The van der Waals surface area contributed by atoms with E-state index in [0.717, 1.165) is 31.7 Å². The molecule has 1 aliphatic rings. The minimum Gasteiger partial charge on any atom is -0.330 e. The third kappa shape index (κ3) is 2.06. The molecule has 1 aliphatic carbocycles. The highest BCUT2D eigenvalue weighted by Crippen LogP contribution is 2.44. The van der Waals surface area contributed by atoms with E-state index in [-0.39, 0.29) is 0 Å². The van der Waals surface area contributed by atoms with Gasteiger partial charge in [0.25, 0.3) is 6.43 Å². The molecule has 1 nitrogen and oxygen atoms in total. The second kappa shape index (κ2) is 4.69. The number of rotatable bonds is 3. The molecule has 2 rings (SSSR count). The zero-order valence-corrected chi connectivity index (χ0v) is 9.56. The number of nitrogens with two attached hydrogens (primary N) is 1. The van der Waals surface area contributed by atoms with Crippen molar-refractivity contribution in [2.24, 2.45) is 5.73 Å². The summed E-state index contributed by atoms with van der Waals surface area (Å²) in [6.07, 6.45) is 0.696. The number of alkyl halides is 2. The van der Waals surface area contributed by atoms with Crippen LogP contribution in [0.1, 0.15) is 43.2 Å². The van der Waals surface area contributed by atoms with Crippen molar-refractivity contribution in [2.75, 3.05) is 6.54 Å². The first-order valence-electron chi connectivity index (χ1n) is 5.88. The molecule has 0 amide bonds. The Labute approximate surface area is 98.8 Å². The van der Waals surface area contributed by atoms with Crippen LogP contribution in [-0.4, -0.2) is 6.54 Å². The molecule has 0 atom stereocenters. The summed E-state index contributed by atoms with van der Waals surface area (Å²) in [5.74, 6) is -0.822. The number of hydrogen-bond donors (Lipinski definition) is 1. The lowest BCUT2D eigenvalue weighted by molar-refractivity contribution is 0.143. The van der Waals surface area contributed by atoms with E-state index in [0.29, 0.717) is 12.1 Å². The van der Waals surface area contributed by atoms with Crippen LogP contribution in [0.25, 0.3) is 0 Å². The van der Waals surface area contributed by atoms with Crippen molar-refractivity contribution in [3.05, 3.63) is 35.1 Å². The maximum absolute atomic E-state index is 13.5. The fourth-order valence-electron chi connectivity index (χ4n) is 2.86. The van der Waals surface area contributed by atoms with Crippen molar-refractivity contribution in [3.8, 4) is 0 Å². The Morgan fingerprint density at radius 2 is 1.88 bits per heavy atom. The van der Waals surface area contributed by atoms with Gasteiger partial charge in [-0.2, -0.15) is 0 Å². The first-order chi connectivity index (χ1) is 8.10. The predicted molar refractivity (Wildman–Crippen MR) is 60.6 cm³/mol. The predicted octanol–water partition coefficient (Wildman–Crippen LogP) is 3.53. The molecule has 17 heavy (non-hydrogen) atoms. The van der Waals surface area contributed by atoms with Gasteiger partial charge in [-0.25, -0.2) is 13.2 Å². The number of hydrogen-bond acceptors (Lipinski definition) is 1. The second-order valence-electron chi connectivity index (χ2n) is 4.69. The maximum atomic E-state index is 13.5. The van der Waals surface area contributed by atoms with Crippen molar-refractivity contribution >= 4 is 0 Å². The molecule has 0 saturated heterocycles. The van der Waals surface area contributed by atoms with Crippen molar-refractivity contribution < 1.29 is 13.2 Å². The van der Waals surface area contributed by atoms with Gasteiger partial charge in [-0.15, -0.1) is 0 Å². The fraction of sp³-hybridized carbons (Fsp3) is 0.538. The van der Waals surface area contributed by atoms with Gasteiger partial charge in [0.05, 0.1) is 5.56 Å². The molecular formula is C13H16F3N. The molecule has 1 aromatic carbocycles. The molecule has 1 aromatic rings. The number of benzene rings is 1. The van der Waals surface area contributed by atoms with Crippen LogP contribution < -0.4 is 5.73 Å². The van der Waals surface area contributed by atoms with Crippen LogP contribution in [-0.2, 0) is 5.41 Å². The molecule has 4 heteroatoms. The van der Waals surface area contributed by atoms with E-state index in [2.05, 4.69) is 0 Å². The zero-order valence-electron chi connectivity index (χ0n) is 9.56. The average Bonchev–Trinajstić information content (AvgIpc) is 2.77. The molecule has 0 aromatic heterocycles. The largest absolute Gasteiger partial charge is 0.330 e. The van der Waals surface area contributed by atoms with Gasteiger partial charge in [0.1, 0.15) is 5.82 Å². The molecule has 0 bridgehead atoms. The van der Waals surface area contributed by atoms with Gasteiger partial charge in [-0.1, -0.05) is 25.0 Å². The second-order valence-corrected chi connectivity index (χ2v) is 4.69. The van der Waals surface area contributed by atoms with E-state index in [9.17, 15) is 13.2 Å². The zero-order chi connectivity index (χ0) is 12.5. The van der Waals surface area contributed by atoms with E-state index >= 15 is 0 Å². The van der Waals surface area contributed by atoms with Crippen LogP contribution in [0.5, 0.6) is 0 Å². The van der Waals surface area contributed by atoms with Crippen LogP contribution in [0, 0.1) is 5.82 Å². The van der Waals surface area contributed by atoms with Crippen molar-refractivity contribution in [1.82, 2.24) is 0 Å². The Hall–Kier alpha value is -1.03. The van der Waals surface area contributed by atoms with Crippen molar-refractivity contribution in [2.45, 2.75) is 37.5 Å². The first-order valence-corrected chi connectivity index (χ1v) is 5.88. The fourth-order valence-corrected chi connectivity index (χ4v) is 2.86. The molecule has 1 saturated carbocycles. The van der Waals surface area contributed by atoms with E-state index in [1.165, 1.54) is 6.07 Å². The Balaban J connectivity index is 2.54. The Bertz CT molecular complexity index is 398. The molecule has 0 unspecified atom stereocenters. The van der Waals surface area contributed by atoms with Gasteiger partial charge < -0.3 is 5.73 Å². The maximum Gasteiger partial charge on any atom is 0.266 e. The molecule has 0 heterocycles. The molecule has 2 N–H and O–H groups in total. The third-order valence-electron chi connectivity index (χ3n) is 3.79. The van der Waals surface area contributed by atoms with Crippen molar-refractivity contribution in [1.29, 1.82) is 0 Å². The van der Waals surface area contributed by atoms with Gasteiger partial charge in [0.15, 0.2) is 0 Å². The van der Waals surface area contributed by atoms with Crippen LogP contribution in [0.15, 0.2) is 18.2 Å². The van der Waals surface area contributed by atoms with Gasteiger partial charge >= 0.3 is 0 Å². The lowest BCUT2D eigenvalue weighted by atomic mass is 9.76. The summed E-state index contributed by atoms with van der Waals surface area (Å²) in [5.41, 5.74) is 5.25. The summed E-state index contributed by atoms with van der Waals surface area (Å²) in [5, 5.41) is 0. The highest BCUT2D eigenvalue weighted by molar-refractivity contribution is 5.37. The highest BCUT2D eigenvalue weighted by Gasteiger charge is 2.38. The summed E-state index contributed by atoms with van der Waals surface area (Å²) in [4.78, 5) is 0. The van der Waals surface area contributed by atoms with Gasteiger partial charge in [-0.05, 0) is 24.5 Å². The van der Waals surface area contributed by atoms with Gasteiger partial charge in [0, 0.05) is 12.0 Å². The Morgan fingerprint density at radius 1 is 1.24 bits per heavy atom. The summed E-state index contributed by atoms with van der Waals surface area (Å²) < 4.78 is 39.5. The minimum atomic E-state index is -2.78. The monoisotopic (exact) mass is 243 g/mol. The summed E-state index contributed by atoms with van der Waals surface area (Å²) in [6, 6.07) is 4.18. The van der Waals surface area contributed by atoms with E-state index in [1.807, 2.05) is 0 Å². The van der Waals surface area contributed by atoms with Crippen LogP contribution in [0.2, 0.25) is 0 Å². The van der Waals surface area contributed by atoms with E-state index in [1.54, 1.807) is 6.07 Å². The quantitative estimate of drug-likeness (QED) is 0.863. The minimum absolute atomic E-state index is 0.302. The lowest BCUT2D eigenvalue weighted by Crippen LogP contribution is -2.33. The normalized spacial score (nSPS) is 18.9. The molecule has 0 aliphatic heterocycles. The highest BCUT2D eigenvalue weighted by atomic mass is 19.3.